The van der Waals surface area contributed by atoms with Crippen LogP contribution in [-0.2, 0) is 6.54 Å². The van der Waals surface area contributed by atoms with E-state index >= 15 is 0 Å². The lowest BCUT2D eigenvalue weighted by molar-refractivity contribution is 0.396. The van der Waals surface area contributed by atoms with Crippen molar-refractivity contribution in [2.45, 2.75) is 38.0 Å². The molecule has 1 aromatic heterocycles. The van der Waals surface area contributed by atoms with Crippen LogP contribution in [0, 0.1) is 0 Å². The number of nitrogens with zero attached hydrogens (tertiary/aromatic N) is 4. The Hall–Kier alpha value is -0.880. The van der Waals surface area contributed by atoms with Gasteiger partial charge in [0.25, 0.3) is 0 Å². The number of aromatic nitrogens is 4. The molecule has 0 aromatic carbocycles. The molecule has 0 amide bonds. The minimum Gasteiger partial charge on any atom is -0.310 e. The van der Waals surface area contributed by atoms with E-state index in [-0.39, 0.29) is 5.54 Å². The Labute approximate surface area is 101 Å². The van der Waals surface area contributed by atoms with Crippen molar-refractivity contribution in [1.82, 2.24) is 25.5 Å². The summed E-state index contributed by atoms with van der Waals surface area (Å²) >= 11 is 1.59. The van der Waals surface area contributed by atoms with E-state index in [2.05, 4.69) is 48.2 Å². The number of rotatable bonds is 6. The second-order valence-corrected chi connectivity index (χ2v) is 5.45. The average molecular weight is 241 g/mol. The molecule has 0 saturated carbocycles. The maximum atomic E-state index is 3.96. The predicted octanol–water partition coefficient (Wildman–Crippen LogP) is 1.34. The van der Waals surface area contributed by atoms with Gasteiger partial charge >= 0.3 is 0 Å². The minimum absolute atomic E-state index is 0.127. The highest BCUT2D eigenvalue weighted by atomic mass is 32.2. The van der Waals surface area contributed by atoms with Crippen LogP contribution in [0.25, 0.3) is 0 Å². The summed E-state index contributed by atoms with van der Waals surface area (Å²) in [5, 5.41) is 15.8. The standard InChI is InChI=1S/C10H19N5S/c1-5-8-16-9-12-13-14-15(9)7-6-11-10(2,3)4/h5,11H,1,6-8H2,2-4H3. The molecular formula is C10H19N5S. The third-order valence-corrected chi connectivity index (χ3v) is 2.76. The molecule has 0 radical (unpaired) electrons. The van der Waals surface area contributed by atoms with Crippen molar-refractivity contribution in [2.75, 3.05) is 12.3 Å². The van der Waals surface area contributed by atoms with Crippen LogP contribution in [0.1, 0.15) is 20.8 Å². The fourth-order valence-electron chi connectivity index (χ4n) is 1.11. The second-order valence-electron chi connectivity index (χ2n) is 4.46. The lowest BCUT2D eigenvalue weighted by Crippen LogP contribution is -2.38. The molecule has 1 aromatic rings. The molecule has 1 N–H and O–H groups in total. The van der Waals surface area contributed by atoms with Crippen LogP contribution in [0.5, 0.6) is 0 Å². The lowest BCUT2D eigenvalue weighted by Gasteiger charge is -2.20. The van der Waals surface area contributed by atoms with Crippen molar-refractivity contribution in [2.24, 2.45) is 0 Å². The monoisotopic (exact) mass is 241 g/mol. The van der Waals surface area contributed by atoms with Gasteiger partial charge in [-0.3, -0.25) is 0 Å². The Balaban J connectivity index is 2.41. The number of tetrazole rings is 1. The number of nitrogens with one attached hydrogen (secondary N) is 1. The fraction of sp³-hybridized carbons (Fsp3) is 0.700. The van der Waals surface area contributed by atoms with Crippen LogP contribution in [0.4, 0.5) is 0 Å². The Morgan fingerprint density at radius 1 is 1.50 bits per heavy atom. The highest BCUT2D eigenvalue weighted by Gasteiger charge is 2.09. The van der Waals surface area contributed by atoms with Gasteiger partial charge in [-0.1, -0.05) is 17.8 Å². The summed E-state index contributed by atoms with van der Waals surface area (Å²) in [6.07, 6.45) is 1.84. The van der Waals surface area contributed by atoms with Crippen molar-refractivity contribution in [3.63, 3.8) is 0 Å². The number of thioether (sulfide) groups is 1. The maximum absolute atomic E-state index is 3.96. The lowest BCUT2D eigenvalue weighted by atomic mass is 10.1. The Kier molecular flexibility index (Phi) is 4.95. The van der Waals surface area contributed by atoms with Crippen molar-refractivity contribution < 1.29 is 0 Å². The third-order valence-electron chi connectivity index (χ3n) is 1.81. The van der Waals surface area contributed by atoms with Gasteiger partial charge in [0.2, 0.25) is 5.16 Å². The molecule has 0 atom stereocenters. The first kappa shape index (κ1) is 13.2. The average Bonchev–Trinajstić information content (AvgIpc) is 2.60. The molecule has 6 heteroatoms. The van der Waals surface area contributed by atoms with E-state index in [1.165, 1.54) is 0 Å². The quantitative estimate of drug-likeness (QED) is 0.601. The van der Waals surface area contributed by atoms with Crippen LogP contribution >= 0.6 is 11.8 Å². The van der Waals surface area contributed by atoms with Crippen LogP contribution in [0.15, 0.2) is 17.8 Å². The fourth-order valence-corrected chi connectivity index (χ4v) is 1.75. The summed E-state index contributed by atoms with van der Waals surface area (Å²) < 4.78 is 1.81. The van der Waals surface area contributed by atoms with Crippen molar-refractivity contribution in [3.8, 4) is 0 Å². The summed E-state index contributed by atoms with van der Waals surface area (Å²) in [5.74, 6) is 0.826. The van der Waals surface area contributed by atoms with Crippen molar-refractivity contribution >= 4 is 11.8 Å². The van der Waals surface area contributed by atoms with Gasteiger partial charge in [-0.2, -0.15) is 0 Å². The molecule has 0 fully saturated rings. The zero-order valence-electron chi connectivity index (χ0n) is 10.1. The van der Waals surface area contributed by atoms with Crippen LogP contribution in [-0.4, -0.2) is 38.0 Å². The zero-order chi connectivity index (χ0) is 12.0. The molecule has 0 saturated heterocycles. The topological polar surface area (TPSA) is 55.6 Å². The molecule has 0 aliphatic rings. The molecular weight excluding hydrogens is 222 g/mol. The van der Waals surface area contributed by atoms with Gasteiger partial charge in [0.05, 0.1) is 6.54 Å². The van der Waals surface area contributed by atoms with Crippen molar-refractivity contribution in [1.29, 1.82) is 0 Å². The Morgan fingerprint density at radius 3 is 2.88 bits per heavy atom. The molecule has 1 heterocycles. The van der Waals surface area contributed by atoms with E-state index in [9.17, 15) is 0 Å². The summed E-state index contributed by atoms with van der Waals surface area (Å²) in [6.45, 7) is 11.7. The predicted molar refractivity (Wildman–Crippen MR) is 66.5 cm³/mol. The molecule has 1 rings (SSSR count). The van der Waals surface area contributed by atoms with Crippen LogP contribution < -0.4 is 5.32 Å². The normalized spacial score (nSPS) is 11.7. The van der Waals surface area contributed by atoms with Crippen molar-refractivity contribution in [3.05, 3.63) is 12.7 Å². The van der Waals surface area contributed by atoms with Gasteiger partial charge in [0.15, 0.2) is 0 Å². The van der Waals surface area contributed by atoms with E-state index in [1.807, 2.05) is 10.8 Å². The Morgan fingerprint density at radius 2 is 2.25 bits per heavy atom. The second kappa shape index (κ2) is 6.00. The minimum atomic E-state index is 0.127. The first-order valence-corrected chi connectivity index (χ1v) is 6.26. The molecule has 0 unspecified atom stereocenters. The largest absolute Gasteiger partial charge is 0.310 e. The maximum Gasteiger partial charge on any atom is 0.209 e. The van der Waals surface area contributed by atoms with Gasteiger partial charge in [0.1, 0.15) is 0 Å². The highest BCUT2D eigenvalue weighted by Crippen LogP contribution is 2.12. The molecule has 0 aliphatic heterocycles. The molecule has 0 bridgehead atoms. The van der Waals surface area contributed by atoms with Gasteiger partial charge in [-0.25, -0.2) is 4.68 Å². The van der Waals surface area contributed by atoms with Crippen LogP contribution in [0.2, 0.25) is 0 Å². The summed E-state index contributed by atoms with van der Waals surface area (Å²) in [4.78, 5) is 0. The van der Waals surface area contributed by atoms with E-state index in [1.54, 1.807) is 11.8 Å². The molecule has 90 valence electrons. The first-order valence-electron chi connectivity index (χ1n) is 5.28. The summed E-state index contributed by atoms with van der Waals surface area (Å²) in [5.41, 5.74) is 0.127. The zero-order valence-corrected chi connectivity index (χ0v) is 10.9. The van der Waals surface area contributed by atoms with Gasteiger partial charge in [0, 0.05) is 17.8 Å². The third kappa shape index (κ3) is 4.76. The SMILES string of the molecule is C=CCSc1nnnn1CCNC(C)(C)C. The Bertz CT molecular complexity index is 328. The summed E-state index contributed by atoms with van der Waals surface area (Å²) in [7, 11) is 0. The van der Waals surface area contributed by atoms with Gasteiger partial charge in [-0.15, -0.1) is 11.7 Å². The smallest absolute Gasteiger partial charge is 0.209 e. The molecule has 0 aliphatic carbocycles. The van der Waals surface area contributed by atoms with E-state index in [4.69, 9.17) is 0 Å². The van der Waals surface area contributed by atoms with E-state index < -0.39 is 0 Å². The van der Waals surface area contributed by atoms with Gasteiger partial charge in [-0.05, 0) is 31.2 Å². The number of hydrogen-bond donors (Lipinski definition) is 1. The molecule has 0 spiro atoms. The van der Waals surface area contributed by atoms with Gasteiger partial charge < -0.3 is 5.32 Å². The molecule has 5 nitrogen and oxygen atoms in total. The number of hydrogen-bond acceptors (Lipinski definition) is 5. The summed E-state index contributed by atoms with van der Waals surface area (Å²) in [6, 6.07) is 0. The first-order chi connectivity index (χ1) is 7.53. The van der Waals surface area contributed by atoms with E-state index in [0.717, 1.165) is 24.0 Å². The molecule has 16 heavy (non-hydrogen) atoms. The highest BCUT2D eigenvalue weighted by molar-refractivity contribution is 7.99. The van der Waals surface area contributed by atoms with Crippen LogP contribution in [0.3, 0.4) is 0 Å². The van der Waals surface area contributed by atoms with E-state index in [0.29, 0.717) is 0 Å².